The van der Waals surface area contributed by atoms with Crippen molar-refractivity contribution in [2.75, 3.05) is 0 Å². The topological polar surface area (TPSA) is 80.1 Å². The van der Waals surface area contributed by atoms with Gasteiger partial charge >= 0.3 is 0 Å². The van der Waals surface area contributed by atoms with Gasteiger partial charge in [0.25, 0.3) is 5.91 Å². The molecule has 0 saturated carbocycles. The Hall–Kier alpha value is -1.43. The highest BCUT2D eigenvalue weighted by molar-refractivity contribution is 5.91. The average Bonchev–Trinajstić information content (AvgIpc) is 2.63. The second-order valence-corrected chi connectivity index (χ2v) is 6.26. The molecule has 1 aliphatic heterocycles. The number of piperidine rings is 1. The minimum absolute atomic E-state index is 0.00176. The lowest BCUT2D eigenvalue weighted by Gasteiger charge is -2.46. The van der Waals surface area contributed by atoms with Gasteiger partial charge in [-0.2, -0.15) is 0 Å². The number of carbonyl (C=O) groups is 1. The van der Waals surface area contributed by atoms with Gasteiger partial charge in [-0.1, -0.05) is 5.16 Å². The molecule has 6 heteroatoms. The van der Waals surface area contributed by atoms with Gasteiger partial charge in [0.1, 0.15) is 6.20 Å². The molecule has 1 fully saturated rings. The second-order valence-electron chi connectivity index (χ2n) is 6.26. The SMILES string of the molecule is CC1(C)CC(NC(=O)c2cnon2)CC(C)(C)N1. The molecular formula is C12H20N4O2. The van der Waals surface area contributed by atoms with Crippen LogP contribution in [-0.4, -0.2) is 33.3 Å². The van der Waals surface area contributed by atoms with Crippen molar-refractivity contribution in [1.82, 2.24) is 20.9 Å². The number of aromatic nitrogens is 2. The maximum atomic E-state index is 11.9. The Balaban J connectivity index is 2.03. The predicted octanol–water partition coefficient (Wildman–Crippen LogP) is 1.11. The molecule has 2 heterocycles. The molecule has 6 nitrogen and oxygen atoms in total. The fourth-order valence-corrected chi connectivity index (χ4v) is 2.95. The van der Waals surface area contributed by atoms with Gasteiger partial charge in [-0.15, -0.1) is 0 Å². The van der Waals surface area contributed by atoms with Crippen LogP contribution in [0.25, 0.3) is 0 Å². The van der Waals surface area contributed by atoms with Gasteiger partial charge in [0.15, 0.2) is 5.69 Å². The Morgan fingerprint density at radius 3 is 2.50 bits per heavy atom. The van der Waals surface area contributed by atoms with Crippen LogP contribution in [-0.2, 0) is 0 Å². The van der Waals surface area contributed by atoms with Crippen molar-refractivity contribution in [1.29, 1.82) is 0 Å². The zero-order valence-corrected chi connectivity index (χ0v) is 11.3. The van der Waals surface area contributed by atoms with Gasteiger partial charge in [0.05, 0.1) is 0 Å². The fraction of sp³-hybridized carbons (Fsp3) is 0.750. The van der Waals surface area contributed by atoms with E-state index in [-0.39, 0.29) is 28.7 Å². The van der Waals surface area contributed by atoms with Crippen LogP contribution < -0.4 is 10.6 Å². The molecule has 2 rings (SSSR count). The number of rotatable bonds is 2. The van der Waals surface area contributed by atoms with Crippen molar-refractivity contribution in [2.45, 2.75) is 57.7 Å². The average molecular weight is 252 g/mol. The zero-order chi connectivity index (χ0) is 13.4. The van der Waals surface area contributed by atoms with Crippen LogP contribution in [0.4, 0.5) is 0 Å². The zero-order valence-electron chi connectivity index (χ0n) is 11.3. The molecule has 1 aromatic heterocycles. The van der Waals surface area contributed by atoms with Crippen molar-refractivity contribution < 1.29 is 9.42 Å². The van der Waals surface area contributed by atoms with E-state index in [0.717, 1.165) is 12.8 Å². The molecule has 0 aromatic carbocycles. The van der Waals surface area contributed by atoms with Crippen molar-refractivity contribution in [2.24, 2.45) is 0 Å². The summed E-state index contributed by atoms with van der Waals surface area (Å²) >= 11 is 0. The summed E-state index contributed by atoms with van der Waals surface area (Å²) in [4.78, 5) is 11.9. The highest BCUT2D eigenvalue weighted by Crippen LogP contribution is 2.28. The third-order valence-corrected chi connectivity index (χ3v) is 3.12. The first kappa shape index (κ1) is 13.0. The highest BCUT2D eigenvalue weighted by atomic mass is 16.6. The van der Waals surface area contributed by atoms with E-state index in [1.807, 2.05) is 0 Å². The summed E-state index contributed by atoms with van der Waals surface area (Å²) < 4.78 is 4.43. The van der Waals surface area contributed by atoms with Gasteiger partial charge in [-0.05, 0) is 45.7 Å². The number of nitrogens with one attached hydrogen (secondary N) is 2. The van der Waals surface area contributed by atoms with E-state index in [4.69, 9.17) is 0 Å². The molecule has 0 bridgehead atoms. The normalized spacial score (nSPS) is 22.7. The van der Waals surface area contributed by atoms with Crippen molar-refractivity contribution in [3.05, 3.63) is 11.9 Å². The van der Waals surface area contributed by atoms with Crippen molar-refractivity contribution in [3.8, 4) is 0 Å². The third-order valence-electron chi connectivity index (χ3n) is 3.12. The van der Waals surface area contributed by atoms with Crippen LogP contribution >= 0.6 is 0 Å². The minimum Gasteiger partial charge on any atom is -0.348 e. The van der Waals surface area contributed by atoms with Crippen LogP contribution in [0, 0.1) is 0 Å². The van der Waals surface area contributed by atoms with E-state index < -0.39 is 0 Å². The Morgan fingerprint density at radius 1 is 1.39 bits per heavy atom. The first-order valence-electron chi connectivity index (χ1n) is 6.15. The molecule has 0 aliphatic carbocycles. The summed E-state index contributed by atoms with van der Waals surface area (Å²) in [6.45, 7) is 8.57. The largest absolute Gasteiger partial charge is 0.348 e. The van der Waals surface area contributed by atoms with E-state index in [1.165, 1.54) is 6.20 Å². The van der Waals surface area contributed by atoms with Crippen molar-refractivity contribution in [3.63, 3.8) is 0 Å². The molecule has 1 saturated heterocycles. The highest BCUT2D eigenvalue weighted by Gasteiger charge is 2.38. The number of carbonyl (C=O) groups excluding carboxylic acids is 1. The van der Waals surface area contributed by atoms with Gasteiger partial charge in [-0.25, -0.2) is 4.63 Å². The lowest BCUT2D eigenvalue weighted by atomic mass is 9.79. The first-order chi connectivity index (χ1) is 8.27. The molecule has 0 unspecified atom stereocenters. The van der Waals surface area contributed by atoms with Crippen LogP contribution in [0.1, 0.15) is 51.0 Å². The maximum absolute atomic E-state index is 11.9. The van der Waals surface area contributed by atoms with E-state index in [9.17, 15) is 4.79 Å². The molecule has 18 heavy (non-hydrogen) atoms. The lowest BCUT2D eigenvalue weighted by molar-refractivity contribution is 0.0863. The quantitative estimate of drug-likeness (QED) is 0.824. The Bertz CT molecular complexity index is 409. The number of hydrogen-bond acceptors (Lipinski definition) is 5. The van der Waals surface area contributed by atoms with Gasteiger partial charge in [0, 0.05) is 17.1 Å². The molecule has 0 atom stereocenters. The summed E-state index contributed by atoms with van der Waals surface area (Å²) in [6.07, 6.45) is 3.09. The smallest absolute Gasteiger partial charge is 0.275 e. The monoisotopic (exact) mass is 252 g/mol. The molecule has 1 aromatic rings. The summed E-state index contributed by atoms with van der Waals surface area (Å²) in [6, 6.07) is 0.125. The summed E-state index contributed by atoms with van der Waals surface area (Å²) in [7, 11) is 0. The number of nitrogens with zero attached hydrogens (tertiary/aromatic N) is 2. The predicted molar refractivity (Wildman–Crippen MR) is 66.1 cm³/mol. The third kappa shape index (κ3) is 3.07. The van der Waals surface area contributed by atoms with Crippen LogP contribution in [0.3, 0.4) is 0 Å². The number of amides is 1. The van der Waals surface area contributed by atoms with E-state index in [2.05, 4.69) is 53.3 Å². The summed E-state index contributed by atoms with van der Waals surface area (Å²) in [5.41, 5.74) is 0.230. The lowest BCUT2D eigenvalue weighted by Crippen LogP contribution is -2.62. The molecule has 1 amide bonds. The first-order valence-corrected chi connectivity index (χ1v) is 6.15. The Morgan fingerprint density at radius 2 is 2.00 bits per heavy atom. The maximum Gasteiger partial charge on any atom is 0.275 e. The molecule has 1 aliphatic rings. The van der Waals surface area contributed by atoms with E-state index in [1.54, 1.807) is 0 Å². The second kappa shape index (κ2) is 4.35. The van der Waals surface area contributed by atoms with E-state index >= 15 is 0 Å². The molecule has 2 N–H and O–H groups in total. The molecule has 0 radical (unpaired) electrons. The molecule has 100 valence electrons. The minimum atomic E-state index is -0.227. The van der Waals surface area contributed by atoms with E-state index in [0.29, 0.717) is 0 Å². The van der Waals surface area contributed by atoms with Crippen LogP contribution in [0.5, 0.6) is 0 Å². The Labute approximate surface area is 106 Å². The van der Waals surface area contributed by atoms with Gasteiger partial charge < -0.3 is 10.6 Å². The van der Waals surface area contributed by atoms with Gasteiger partial charge in [0.2, 0.25) is 0 Å². The molecular weight excluding hydrogens is 232 g/mol. The summed E-state index contributed by atoms with van der Waals surface area (Å²) in [5.74, 6) is -0.227. The summed E-state index contributed by atoms with van der Waals surface area (Å²) in [5, 5.41) is 13.5. The number of hydrogen-bond donors (Lipinski definition) is 2. The molecule has 0 spiro atoms. The van der Waals surface area contributed by atoms with Gasteiger partial charge in [-0.3, -0.25) is 4.79 Å². The standard InChI is InChI=1S/C12H20N4O2/c1-11(2)5-8(6-12(3,4)16-11)14-10(17)9-7-13-18-15-9/h7-8,16H,5-6H2,1-4H3,(H,14,17). The van der Waals surface area contributed by atoms with Crippen LogP contribution in [0.2, 0.25) is 0 Å². The Kier molecular flexibility index (Phi) is 3.14. The van der Waals surface area contributed by atoms with Crippen molar-refractivity contribution >= 4 is 5.91 Å². The fourth-order valence-electron chi connectivity index (χ4n) is 2.95. The van der Waals surface area contributed by atoms with Crippen LogP contribution in [0.15, 0.2) is 10.8 Å².